The van der Waals surface area contributed by atoms with Crippen molar-refractivity contribution < 1.29 is 8.42 Å². The number of hydrogen-bond acceptors (Lipinski definition) is 4. The van der Waals surface area contributed by atoms with Crippen LogP contribution in [0.25, 0.3) is 0 Å². The summed E-state index contributed by atoms with van der Waals surface area (Å²) in [5.74, 6) is 0. The molecule has 1 unspecified atom stereocenters. The van der Waals surface area contributed by atoms with Gasteiger partial charge in [0, 0.05) is 25.8 Å². The van der Waals surface area contributed by atoms with Crippen LogP contribution in [0.2, 0.25) is 0 Å². The number of sulfonamides is 1. The van der Waals surface area contributed by atoms with Gasteiger partial charge >= 0.3 is 0 Å². The molecule has 1 aromatic rings. The highest BCUT2D eigenvalue weighted by molar-refractivity contribution is 7.89. The Morgan fingerprint density at radius 1 is 1.53 bits per heavy atom. The maximum Gasteiger partial charge on any atom is 0.262 e. The predicted molar refractivity (Wildman–Crippen MR) is 75.7 cm³/mol. The van der Waals surface area contributed by atoms with Crippen LogP contribution in [0.5, 0.6) is 0 Å². The van der Waals surface area contributed by atoms with Gasteiger partial charge in [-0.2, -0.15) is 4.31 Å². The van der Waals surface area contributed by atoms with E-state index in [1.165, 1.54) is 4.31 Å². The molecule has 0 aromatic carbocycles. The third-order valence-electron chi connectivity index (χ3n) is 3.59. The van der Waals surface area contributed by atoms with E-state index in [-0.39, 0.29) is 22.8 Å². The molecule has 19 heavy (non-hydrogen) atoms. The molecule has 1 fully saturated rings. The first-order valence-electron chi connectivity index (χ1n) is 6.13. The number of hydrogen-bond donors (Lipinski definition) is 1. The van der Waals surface area contributed by atoms with E-state index in [9.17, 15) is 8.42 Å². The molecule has 2 N–H and O–H groups in total. The van der Waals surface area contributed by atoms with E-state index >= 15 is 0 Å². The number of nitrogens with two attached hydrogens (primary N) is 1. The SMILES string of the molecule is CCn1cnc(S(=O)(=O)N2CCC(C)(CN)C2)c1.Cl. The van der Waals surface area contributed by atoms with E-state index in [1.54, 1.807) is 17.1 Å². The molecule has 1 aliphatic heterocycles. The van der Waals surface area contributed by atoms with Gasteiger partial charge in [-0.05, 0) is 25.3 Å². The van der Waals surface area contributed by atoms with Gasteiger partial charge in [-0.3, -0.25) is 0 Å². The van der Waals surface area contributed by atoms with Crippen molar-refractivity contribution in [1.82, 2.24) is 13.9 Å². The van der Waals surface area contributed by atoms with Crippen LogP contribution in [0.1, 0.15) is 20.3 Å². The molecule has 6 nitrogen and oxygen atoms in total. The Morgan fingerprint density at radius 3 is 2.68 bits per heavy atom. The molecule has 1 aliphatic rings. The second kappa shape index (κ2) is 5.78. The van der Waals surface area contributed by atoms with E-state index in [2.05, 4.69) is 4.98 Å². The number of imidazole rings is 1. The normalized spacial score (nSPS) is 24.4. The van der Waals surface area contributed by atoms with Gasteiger partial charge in [-0.15, -0.1) is 12.4 Å². The van der Waals surface area contributed by atoms with E-state index in [0.29, 0.717) is 26.2 Å². The first-order chi connectivity index (χ1) is 8.41. The van der Waals surface area contributed by atoms with Crippen LogP contribution in [0.4, 0.5) is 0 Å². The number of aromatic nitrogens is 2. The van der Waals surface area contributed by atoms with E-state index in [0.717, 1.165) is 6.42 Å². The molecular weight excluding hydrogens is 288 g/mol. The lowest BCUT2D eigenvalue weighted by atomic mass is 9.90. The van der Waals surface area contributed by atoms with E-state index in [4.69, 9.17) is 5.73 Å². The average molecular weight is 309 g/mol. The number of rotatable bonds is 4. The van der Waals surface area contributed by atoms with Gasteiger partial charge in [0.2, 0.25) is 0 Å². The van der Waals surface area contributed by atoms with Gasteiger partial charge in [0.25, 0.3) is 10.0 Å². The molecule has 8 heteroatoms. The Bertz CT molecular complexity index is 531. The highest BCUT2D eigenvalue weighted by atomic mass is 35.5. The van der Waals surface area contributed by atoms with Gasteiger partial charge in [-0.1, -0.05) is 6.92 Å². The Kier molecular flexibility index (Phi) is 5.00. The molecule has 1 aromatic heterocycles. The number of nitrogens with zero attached hydrogens (tertiary/aromatic N) is 3. The molecule has 0 bridgehead atoms. The van der Waals surface area contributed by atoms with Gasteiger partial charge in [0.05, 0.1) is 6.33 Å². The Balaban J connectivity index is 0.00000180. The lowest BCUT2D eigenvalue weighted by Crippen LogP contribution is -2.34. The third-order valence-corrected chi connectivity index (χ3v) is 5.33. The summed E-state index contributed by atoms with van der Waals surface area (Å²) < 4.78 is 28.0. The van der Waals surface area contributed by atoms with Crippen molar-refractivity contribution in [3.8, 4) is 0 Å². The zero-order chi connectivity index (χ0) is 13.4. The van der Waals surface area contributed by atoms with E-state index in [1.807, 2.05) is 13.8 Å². The van der Waals surface area contributed by atoms with Gasteiger partial charge in [-0.25, -0.2) is 13.4 Å². The fourth-order valence-corrected chi connectivity index (χ4v) is 3.66. The number of halogens is 1. The first-order valence-corrected chi connectivity index (χ1v) is 7.57. The van der Waals surface area contributed by atoms with E-state index < -0.39 is 10.0 Å². The second-order valence-corrected chi connectivity index (χ2v) is 7.03. The molecule has 2 rings (SSSR count). The van der Waals surface area contributed by atoms with Crippen LogP contribution >= 0.6 is 12.4 Å². The largest absolute Gasteiger partial charge is 0.336 e. The maximum atomic E-state index is 12.4. The van der Waals surface area contributed by atoms with Gasteiger partial charge in [0.15, 0.2) is 5.03 Å². The summed E-state index contributed by atoms with van der Waals surface area (Å²) in [7, 11) is -3.46. The molecule has 1 saturated heterocycles. The molecule has 1 atom stereocenters. The second-order valence-electron chi connectivity index (χ2n) is 5.15. The highest BCUT2D eigenvalue weighted by Crippen LogP contribution is 2.31. The minimum atomic E-state index is -3.46. The molecular formula is C11H21ClN4O2S. The van der Waals surface area contributed by atoms with Crippen LogP contribution in [-0.2, 0) is 16.6 Å². The Morgan fingerprint density at radius 2 is 2.21 bits per heavy atom. The van der Waals surface area contributed by atoms with Crippen molar-refractivity contribution in [3.05, 3.63) is 12.5 Å². The van der Waals surface area contributed by atoms with Crippen LogP contribution in [-0.4, -0.2) is 41.9 Å². The van der Waals surface area contributed by atoms with Crippen LogP contribution in [0.15, 0.2) is 17.6 Å². The fraction of sp³-hybridized carbons (Fsp3) is 0.727. The highest BCUT2D eigenvalue weighted by Gasteiger charge is 2.39. The summed E-state index contributed by atoms with van der Waals surface area (Å²) in [6.45, 7) is 6.18. The Labute approximate surface area is 120 Å². The zero-order valence-corrected chi connectivity index (χ0v) is 12.9. The van der Waals surface area contributed by atoms with Crippen molar-refractivity contribution in [2.45, 2.75) is 31.8 Å². The summed E-state index contributed by atoms with van der Waals surface area (Å²) in [5.41, 5.74) is 5.59. The third kappa shape index (κ3) is 3.10. The standard InChI is InChI=1S/C11H20N4O2S.ClH/c1-3-14-6-10(13-9-14)18(16,17)15-5-4-11(2,7-12)8-15;/h6,9H,3-5,7-8,12H2,1-2H3;1H. The fourth-order valence-electron chi connectivity index (χ4n) is 2.13. The summed E-state index contributed by atoms with van der Waals surface area (Å²) in [6, 6.07) is 0. The van der Waals surface area contributed by atoms with Crippen molar-refractivity contribution in [2.75, 3.05) is 19.6 Å². The lowest BCUT2D eigenvalue weighted by Gasteiger charge is -2.21. The summed E-state index contributed by atoms with van der Waals surface area (Å²) >= 11 is 0. The van der Waals surface area contributed by atoms with Crippen LogP contribution in [0.3, 0.4) is 0 Å². The summed E-state index contributed by atoms with van der Waals surface area (Å²) in [4.78, 5) is 3.98. The first kappa shape index (κ1) is 16.4. The molecule has 110 valence electrons. The monoisotopic (exact) mass is 308 g/mol. The molecule has 2 heterocycles. The molecule has 0 aliphatic carbocycles. The average Bonchev–Trinajstić information content (AvgIpc) is 2.96. The zero-order valence-electron chi connectivity index (χ0n) is 11.2. The quantitative estimate of drug-likeness (QED) is 0.887. The van der Waals surface area contributed by atoms with Gasteiger partial charge in [0.1, 0.15) is 0 Å². The molecule has 0 spiro atoms. The van der Waals surface area contributed by atoms with Crippen molar-refractivity contribution >= 4 is 22.4 Å². The van der Waals surface area contributed by atoms with Crippen LogP contribution < -0.4 is 5.73 Å². The Hall–Kier alpha value is -0.630. The van der Waals surface area contributed by atoms with Crippen molar-refractivity contribution in [3.63, 3.8) is 0 Å². The van der Waals surface area contributed by atoms with Crippen molar-refractivity contribution in [1.29, 1.82) is 0 Å². The minimum absolute atomic E-state index is 0. The maximum absolute atomic E-state index is 12.4. The minimum Gasteiger partial charge on any atom is -0.336 e. The molecule has 0 amide bonds. The predicted octanol–water partition coefficient (Wildman–Crippen LogP) is 0.684. The van der Waals surface area contributed by atoms with Crippen molar-refractivity contribution in [2.24, 2.45) is 11.1 Å². The topological polar surface area (TPSA) is 81.2 Å². The molecule has 0 radical (unpaired) electrons. The van der Waals surface area contributed by atoms with Crippen LogP contribution in [0, 0.1) is 5.41 Å². The summed E-state index contributed by atoms with van der Waals surface area (Å²) in [5, 5.41) is 0.130. The smallest absolute Gasteiger partial charge is 0.262 e. The molecule has 0 saturated carbocycles. The van der Waals surface area contributed by atoms with Gasteiger partial charge < -0.3 is 10.3 Å². The lowest BCUT2D eigenvalue weighted by molar-refractivity contribution is 0.349. The number of aryl methyl sites for hydroxylation is 1. The summed E-state index contributed by atoms with van der Waals surface area (Å²) in [6.07, 6.45) is 3.93.